The van der Waals surface area contributed by atoms with Gasteiger partial charge in [-0.2, -0.15) is 0 Å². The second-order valence-corrected chi connectivity index (χ2v) is 7.04. The number of carbonyl (C=O) groups is 2. The van der Waals surface area contributed by atoms with Crippen molar-refractivity contribution in [3.8, 4) is 0 Å². The molecular weight excluding hydrogens is 308 g/mol. The van der Waals surface area contributed by atoms with E-state index in [4.69, 9.17) is 9.47 Å². The molecule has 2 atom stereocenters. The Morgan fingerprint density at radius 1 is 1.33 bits per heavy atom. The largest absolute Gasteiger partial charge is 0.469 e. The van der Waals surface area contributed by atoms with Gasteiger partial charge in [-0.1, -0.05) is 6.07 Å². The van der Waals surface area contributed by atoms with E-state index in [9.17, 15) is 9.59 Å². The number of likely N-dealkylation sites (tertiary alicyclic amines) is 1. The van der Waals surface area contributed by atoms with E-state index in [0.29, 0.717) is 12.8 Å². The third kappa shape index (κ3) is 4.69. The standard InChI is InChI=1S/C18H26N2O4/c1-18(2,3)24-17(22)20-14(8-10-16(21)23-4)7-9-15(20)13-6-5-11-19-12-13/h5-6,11-12,14-15H,7-10H2,1-4H3/t14-,15+/m0/s1. The summed E-state index contributed by atoms with van der Waals surface area (Å²) in [7, 11) is 1.38. The van der Waals surface area contributed by atoms with Crippen molar-refractivity contribution < 1.29 is 19.1 Å². The molecule has 1 aromatic heterocycles. The first-order chi connectivity index (χ1) is 11.3. The lowest BCUT2D eigenvalue weighted by atomic mass is 10.1. The first kappa shape index (κ1) is 18.2. The van der Waals surface area contributed by atoms with Crippen LogP contribution in [0, 0.1) is 0 Å². The van der Waals surface area contributed by atoms with Crippen LogP contribution >= 0.6 is 0 Å². The van der Waals surface area contributed by atoms with Crippen LogP contribution in [-0.2, 0) is 14.3 Å². The zero-order valence-electron chi connectivity index (χ0n) is 14.8. The van der Waals surface area contributed by atoms with Gasteiger partial charge in [0.2, 0.25) is 0 Å². The van der Waals surface area contributed by atoms with Gasteiger partial charge in [0.15, 0.2) is 0 Å². The van der Waals surface area contributed by atoms with Gasteiger partial charge in [0.05, 0.1) is 13.2 Å². The zero-order valence-corrected chi connectivity index (χ0v) is 14.8. The van der Waals surface area contributed by atoms with Crippen LogP contribution in [0.1, 0.15) is 58.1 Å². The Labute approximate surface area is 143 Å². The predicted octanol–water partition coefficient (Wildman–Crippen LogP) is 3.48. The lowest BCUT2D eigenvalue weighted by Gasteiger charge is -2.32. The van der Waals surface area contributed by atoms with E-state index < -0.39 is 5.60 Å². The molecule has 2 rings (SSSR count). The van der Waals surface area contributed by atoms with E-state index in [1.807, 2.05) is 32.9 Å². The molecule has 1 fully saturated rings. The number of pyridine rings is 1. The maximum Gasteiger partial charge on any atom is 0.411 e. The average molecular weight is 334 g/mol. The number of methoxy groups -OCH3 is 1. The summed E-state index contributed by atoms with van der Waals surface area (Å²) in [5, 5.41) is 0. The van der Waals surface area contributed by atoms with Crippen molar-refractivity contribution in [2.45, 2.75) is 64.1 Å². The summed E-state index contributed by atoms with van der Waals surface area (Å²) < 4.78 is 10.3. The van der Waals surface area contributed by atoms with Gasteiger partial charge >= 0.3 is 12.1 Å². The van der Waals surface area contributed by atoms with Crippen LogP contribution in [0.4, 0.5) is 4.79 Å². The Morgan fingerprint density at radius 3 is 2.67 bits per heavy atom. The van der Waals surface area contributed by atoms with E-state index in [2.05, 4.69) is 4.98 Å². The summed E-state index contributed by atoms with van der Waals surface area (Å²) in [6.07, 6.45) is 5.68. The number of hydrogen-bond acceptors (Lipinski definition) is 5. The fraction of sp³-hybridized carbons (Fsp3) is 0.611. The number of rotatable bonds is 4. The van der Waals surface area contributed by atoms with Crippen molar-refractivity contribution in [1.29, 1.82) is 0 Å². The molecule has 0 radical (unpaired) electrons. The van der Waals surface area contributed by atoms with Crippen LogP contribution in [0.15, 0.2) is 24.5 Å². The molecule has 0 aliphatic carbocycles. The van der Waals surface area contributed by atoms with Crippen molar-refractivity contribution in [2.24, 2.45) is 0 Å². The summed E-state index contributed by atoms with van der Waals surface area (Å²) in [4.78, 5) is 30.1. The molecule has 0 aromatic carbocycles. The van der Waals surface area contributed by atoms with Gasteiger partial charge in [-0.15, -0.1) is 0 Å². The van der Waals surface area contributed by atoms with Crippen molar-refractivity contribution in [3.63, 3.8) is 0 Å². The number of hydrogen-bond donors (Lipinski definition) is 0. The van der Waals surface area contributed by atoms with Crippen molar-refractivity contribution in [3.05, 3.63) is 30.1 Å². The highest BCUT2D eigenvalue weighted by molar-refractivity contribution is 5.71. The fourth-order valence-electron chi connectivity index (χ4n) is 3.04. The first-order valence-electron chi connectivity index (χ1n) is 8.30. The molecule has 0 N–H and O–H groups in total. The minimum absolute atomic E-state index is 0.0378. The Bertz CT molecular complexity index is 568. The SMILES string of the molecule is COC(=O)CC[C@@H]1CC[C@H](c2cccnc2)N1C(=O)OC(C)(C)C. The summed E-state index contributed by atoms with van der Waals surface area (Å²) in [6, 6.07) is 3.72. The Balaban J connectivity index is 2.18. The molecule has 0 saturated carbocycles. The quantitative estimate of drug-likeness (QED) is 0.789. The molecule has 1 aromatic rings. The average Bonchev–Trinajstić information content (AvgIpc) is 2.95. The molecule has 2 heterocycles. The van der Waals surface area contributed by atoms with Crippen LogP contribution in [0.3, 0.4) is 0 Å². The Kier molecular flexibility index (Phi) is 5.80. The minimum atomic E-state index is -0.563. The minimum Gasteiger partial charge on any atom is -0.469 e. The molecule has 1 saturated heterocycles. The van der Waals surface area contributed by atoms with Gasteiger partial charge in [0.25, 0.3) is 0 Å². The summed E-state index contributed by atoms with van der Waals surface area (Å²) in [5.41, 5.74) is 0.426. The topological polar surface area (TPSA) is 68.7 Å². The first-order valence-corrected chi connectivity index (χ1v) is 8.30. The lowest BCUT2D eigenvalue weighted by molar-refractivity contribution is -0.141. The van der Waals surface area contributed by atoms with Gasteiger partial charge in [0.1, 0.15) is 5.60 Å². The monoisotopic (exact) mass is 334 g/mol. The number of esters is 1. The molecule has 1 aliphatic rings. The van der Waals surface area contributed by atoms with Crippen molar-refractivity contribution >= 4 is 12.1 Å². The van der Waals surface area contributed by atoms with Gasteiger partial charge < -0.3 is 9.47 Å². The molecule has 132 valence electrons. The van der Waals surface area contributed by atoms with E-state index in [0.717, 1.165) is 18.4 Å². The van der Waals surface area contributed by atoms with E-state index in [1.54, 1.807) is 17.3 Å². The smallest absolute Gasteiger partial charge is 0.411 e. The number of nitrogens with zero attached hydrogens (tertiary/aromatic N) is 2. The van der Waals surface area contributed by atoms with Gasteiger partial charge in [-0.05, 0) is 51.7 Å². The predicted molar refractivity (Wildman–Crippen MR) is 89.3 cm³/mol. The molecule has 0 unspecified atom stereocenters. The third-order valence-corrected chi connectivity index (χ3v) is 4.09. The maximum absolute atomic E-state index is 12.7. The van der Waals surface area contributed by atoms with Gasteiger partial charge in [-0.3, -0.25) is 14.7 Å². The highest BCUT2D eigenvalue weighted by Gasteiger charge is 2.40. The molecule has 6 heteroatoms. The van der Waals surface area contributed by atoms with Gasteiger partial charge in [-0.25, -0.2) is 4.79 Å². The molecule has 0 spiro atoms. The second kappa shape index (κ2) is 7.64. The lowest BCUT2D eigenvalue weighted by Crippen LogP contribution is -2.41. The molecular formula is C18H26N2O4. The van der Waals surface area contributed by atoms with Crippen molar-refractivity contribution in [1.82, 2.24) is 9.88 Å². The number of amides is 1. The molecule has 1 amide bonds. The van der Waals surface area contributed by atoms with Crippen LogP contribution in [0.2, 0.25) is 0 Å². The molecule has 0 bridgehead atoms. The summed E-state index contributed by atoms with van der Waals surface area (Å²) in [5.74, 6) is -0.260. The Morgan fingerprint density at radius 2 is 2.08 bits per heavy atom. The normalized spacial score (nSPS) is 20.8. The van der Waals surface area contributed by atoms with Crippen molar-refractivity contribution in [2.75, 3.05) is 7.11 Å². The fourth-order valence-corrected chi connectivity index (χ4v) is 3.04. The number of ether oxygens (including phenoxy) is 2. The molecule has 24 heavy (non-hydrogen) atoms. The van der Waals surface area contributed by atoms with Crippen LogP contribution in [0.5, 0.6) is 0 Å². The second-order valence-electron chi connectivity index (χ2n) is 7.04. The van der Waals surface area contributed by atoms with Crippen LogP contribution in [0.25, 0.3) is 0 Å². The zero-order chi connectivity index (χ0) is 17.7. The van der Waals surface area contributed by atoms with Crippen LogP contribution in [-0.4, -0.2) is 40.7 Å². The highest BCUT2D eigenvalue weighted by Crippen LogP contribution is 2.38. The van der Waals surface area contributed by atoms with E-state index >= 15 is 0 Å². The summed E-state index contributed by atoms with van der Waals surface area (Å²) >= 11 is 0. The van der Waals surface area contributed by atoms with E-state index in [1.165, 1.54) is 7.11 Å². The van der Waals surface area contributed by atoms with E-state index in [-0.39, 0.29) is 24.1 Å². The van der Waals surface area contributed by atoms with Crippen LogP contribution < -0.4 is 0 Å². The maximum atomic E-state index is 12.7. The Hall–Kier alpha value is -2.11. The highest BCUT2D eigenvalue weighted by atomic mass is 16.6. The number of aromatic nitrogens is 1. The van der Waals surface area contributed by atoms with Gasteiger partial charge in [0, 0.05) is 24.9 Å². The molecule has 1 aliphatic heterocycles. The molecule has 6 nitrogen and oxygen atoms in total. The number of carbonyl (C=O) groups excluding carboxylic acids is 2. The third-order valence-electron chi connectivity index (χ3n) is 4.09. The summed E-state index contributed by atoms with van der Waals surface area (Å²) in [6.45, 7) is 5.55.